The van der Waals surface area contributed by atoms with Crippen LogP contribution in [0, 0.1) is 6.92 Å². The molecule has 5 heteroatoms. The smallest absolute Gasteiger partial charge is 0.229 e. The Morgan fingerprint density at radius 2 is 2.08 bits per heavy atom. The number of anilines is 1. The molecule has 0 unspecified atom stereocenters. The Balaban J connectivity index is 1.57. The molecule has 2 aromatic carbocycles. The number of aromatic nitrogens is 1. The summed E-state index contributed by atoms with van der Waals surface area (Å²) in [7, 11) is 0. The molecule has 0 saturated heterocycles. The van der Waals surface area contributed by atoms with Gasteiger partial charge < -0.3 is 9.73 Å². The van der Waals surface area contributed by atoms with Crippen molar-refractivity contribution in [3.63, 3.8) is 0 Å². The first-order valence-electron chi connectivity index (χ1n) is 7.97. The first kappa shape index (κ1) is 15.6. The Hall–Kier alpha value is -2.92. The average molecular weight is 348 g/mol. The normalized spacial score (nSPS) is 10.9. The number of amides is 1. The minimum atomic E-state index is -0.0415. The highest BCUT2D eigenvalue weighted by molar-refractivity contribution is 7.10. The van der Waals surface area contributed by atoms with E-state index in [1.165, 1.54) is 0 Å². The number of fused-ring (bicyclic) bond motifs is 1. The van der Waals surface area contributed by atoms with E-state index in [0.717, 1.165) is 21.5 Å². The van der Waals surface area contributed by atoms with Gasteiger partial charge in [-0.2, -0.15) is 0 Å². The molecule has 0 fully saturated rings. The summed E-state index contributed by atoms with van der Waals surface area (Å²) in [5.41, 5.74) is 4.24. The van der Waals surface area contributed by atoms with Gasteiger partial charge in [0.15, 0.2) is 5.58 Å². The predicted molar refractivity (Wildman–Crippen MR) is 101 cm³/mol. The molecule has 2 aromatic heterocycles. The number of carbonyl (C=O) groups is 1. The number of oxazole rings is 1. The average Bonchev–Trinajstić information content (AvgIpc) is 3.23. The van der Waals surface area contributed by atoms with Crippen LogP contribution in [0.1, 0.15) is 10.4 Å². The SMILES string of the molecule is Cc1cccc(-c2nc3ccc(NC(=O)Cc4cccs4)cc3o2)c1. The van der Waals surface area contributed by atoms with Gasteiger partial charge in [-0.3, -0.25) is 4.79 Å². The highest BCUT2D eigenvalue weighted by Crippen LogP contribution is 2.27. The molecular formula is C20H16N2O2S. The van der Waals surface area contributed by atoms with Crippen molar-refractivity contribution in [3.8, 4) is 11.5 Å². The molecule has 1 amide bonds. The quantitative estimate of drug-likeness (QED) is 0.562. The molecule has 4 nitrogen and oxygen atoms in total. The lowest BCUT2D eigenvalue weighted by atomic mass is 10.1. The lowest BCUT2D eigenvalue weighted by Gasteiger charge is -2.03. The summed E-state index contributed by atoms with van der Waals surface area (Å²) in [6.45, 7) is 2.04. The minimum Gasteiger partial charge on any atom is -0.436 e. The molecule has 1 N–H and O–H groups in total. The Kier molecular flexibility index (Phi) is 4.07. The molecule has 0 spiro atoms. The second kappa shape index (κ2) is 6.53. The zero-order valence-corrected chi connectivity index (χ0v) is 14.5. The Morgan fingerprint density at radius 1 is 1.16 bits per heavy atom. The third-order valence-corrected chi connectivity index (χ3v) is 4.73. The second-order valence-electron chi connectivity index (χ2n) is 5.88. The molecule has 124 valence electrons. The van der Waals surface area contributed by atoms with Gasteiger partial charge in [0.2, 0.25) is 11.8 Å². The summed E-state index contributed by atoms with van der Waals surface area (Å²) in [5, 5.41) is 4.88. The van der Waals surface area contributed by atoms with Crippen LogP contribution >= 0.6 is 11.3 Å². The van der Waals surface area contributed by atoms with E-state index in [4.69, 9.17) is 4.42 Å². The fraction of sp³-hybridized carbons (Fsp3) is 0.100. The molecule has 0 aliphatic carbocycles. The first-order chi connectivity index (χ1) is 12.2. The van der Waals surface area contributed by atoms with E-state index < -0.39 is 0 Å². The number of hydrogen-bond acceptors (Lipinski definition) is 4. The molecule has 0 bridgehead atoms. The van der Waals surface area contributed by atoms with Crippen molar-refractivity contribution < 1.29 is 9.21 Å². The monoisotopic (exact) mass is 348 g/mol. The van der Waals surface area contributed by atoms with Gasteiger partial charge in [0.1, 0.15) is 5.52 Å². The number of benzene rings is 2. The number of rotatable bonds is 4. The van der Waals surface area contributed by atoms with Crippen LogP contribution in [-0.4, -0.2) is 10.9 Å². The van der Waals surface area contributed by atoms with Gasteiger partial charge in [-0.1, -0.05) is 23.8 Å². The van der Waals surface area contributed by atoms with E-state index in [0.29, 0.717) is 23.6 Å². The van der Waals surface area contributed by atoms with E-state index in [1.807, 2.05) is 66.9 Å². The van der Waals surface area contributed by atoms with Crippen molar-refractivity contribution >= 4 is 34.0 Å². The Morgan fingerprint density at radius 3 is 2.88 bits per heavy atom. The van der Waals surface area contributed by atoms with Gasteiger partial charge in [-0.25, -0.2) is 4.98 Å². The van der Waals surface area contributed by atoms with E-state index in [-0.39, 0.29) is 5.91 Å². The summed E-state index contributed by atoms with van der Waals surface area (Å²) >= 11 is 1.58. The third-order valence-electron chi connectivity index (χ3n) is 3.85. The lowest BCUT2D eigenvalue weighted by molar-refractivity contribution is -0.115. The molecule has 0 radical (unpaired) electrons. The minimum absolute atomic E-state index is 0.0415. The van der Waals surface area contributed by atoms with Crippen molar-refractivity contribution in [1.82, 2.24) is 4.98 Å². The maximum absolute atomic E-state index is 12.1. The molecule has 25 heavy (non-hydrogen) atoms. The molecular weight excluding hydrogens is 332 g/mol. The van der Waals surface area contributed by atoms with Crippen molar-refractivity contribution in [2.24, 2.45) is 0 Å². The van der Waals surface area contributed by atoms with E-state index in [1.54, 1.807) is 11.3 Å². The number of hydrogen-bond donors (Lipinski definition) is 1. The summed E-state index contributed by atoms with van der Waals surface area (Å²) < 4.78 is 5.88. The third kappa shape index (κ3) is 3.46. The van der Waals surface area contributed by atoms with E-state index in [9.17, 15) is 4.79 Å². The van der Waals surface area contributed by atoms with Crippen molar-refractivity contribution in [1.29, 1.82) is 0 Å². The van der Waals surface area contributed by atoms with Crippen LogP contribution in [-0.2, 0) is 11.2 Å². The van der Waals surface area contributed by atoms with Gasteiger partial charge in [0.05, 0.1) is 6.42 Å². The van der Waals surface area contributed by atoms with E-state index >= 15 is 0 Å². The molecule has 0 aliphatic heterocycles. The van der Waals surface area contributed by atoms with Crippen molar-refractivity contribution in [2.75, 3.05) is 5.32 Å². The topological polar surface area (TPSA) is 55.1 Å². The first-order valence-corrected chi connectivity index (χ1v) is 8.85. The van der Waals surface area contributed by atoms with Crippen LogP contribution in [0.15, 0.2) is 64.4 Å². The lowest BCUT2D eigenvalue weighted by Crippen LogP contribution is -2.13. The van der Waals surface area contributed by atoms with Gasteiger partial charge >= 0.3 is 0 Å². The van der Waals surface area contributed by atoms with Gasteiger partial charge in [0, 0.05) is 22.2 Å². The largest absolute Gasteiger partial charge is 0.436 e. The number of carbonyl (C=O) groups excluding carboxylic acids is 1. The number of nitrogens with one attached hydrogen (secondary N) is 1. The summed E-state index contributed by atoms with van der Waals surface area (Å²) in [6.07, 6.45) is 0.376. The zero-order valence-electron chi connectivity index (χ0n) is 13.7. The predicted octanol–water partition coefficient (Wildman–Crippen LogP) is 5.05. The van der Waals surface area contributed by atoms with Crippen LogP contribution in [0.25, 0.3) is 22.6 Å². The highest BCUT2D eigenvalue weighted by Gasteiger charge is 2.10. The number of aryl methyl sites for hydroxylation is 1. The fourth-order valence-electron chi connectivity index (χ4n) is 2.68. The number of thiophene rings is 1. The zero-order chi connectivity index (χ0) is 17.2. The van der Waals surface area contributed by atoms with Gasteiger partial charge in [0.25, 0.3) is 0 Å². The molecule has 4 aromatic rings. The van der Waals surface area contributed by atoms with Crippen molar-refractivity contribution in [2.45, 2.75) is 13.3 Å². The second-order valence-corrected chi connectivity index (χ2v) is 6.91. The Labute approximate surface area is 149 Å². The molecule has 0 atom stereocenters. The standard InChI is InChI=1S/C20H16N2O2S/c1-13-4-2-5-14(10-13)20-22-17-8-7-15(11-18(17)24-20)21-19(23)12-16-6-3-9-25-16/h2-11H,12H2,1H3,(H,21,23). The fourth-order valence-corrected chi connectivity index (χ4v) is 3.38. The van der Waals surface area contributed by atoms with Gasteiger partial charge in [-0.15, -0.1) is 11.3 Å². The number of nitrogens with zero attached hydrogens (tertiary/aromatic N) is 1. The van der Waals surface area contributed by atoms with Crippen molar-refractivity contribution in [3.05, 3.63) is 70.4 Å². The van der Waals surface area contributed by atoms with Crippen LogP contribution in [0.5, 0.6) is 0 Å². The molecule has 2 heterocycles. The Bertz CT molecular complexity index is 1030. The molecule has 0 saturated carbocycles. The van der Waals surface area contributed by atoms with Crippen LogP contribution < -0.4 is 5.32 Å². The maximum atomic E-state index is 12.1. The van der Waals surface area contributed by atoms with Gasteiger partial charge in [-0.05, 0) is 42.6 Å². The molecule has 0 aliphatic rings. The summed E-state index contributed by atoms with van der Waals surface area (Å²) in [5.74, 6) is 0.543. The summed E-state index contributed by atoms with van der Waals surface area (Å²) in [6, 6.07) is 17.4. The summed E-state index contributed by atoms with van der Waals surface area (Å²) in [4.78, 5) is 17.7. The van der Waals surface area contributed by atoms with Crippen LogP contribution in [0.3, 0.4) is 0 Å². The molecule has 4 rings (SSSR count). The maximum Gasteiger partial charge on any atom is 0.229 e. The van der Waals surface area contributed by atoms with Crippen LogP contribution in [0.4, 0.5) is 5.69 Å². The van der Waals surface area contributed by atoms with Crippen LogP contribution in [0.2, 0.25) is 0 Å². The highest BCUT2D eigenvalue weighted by atomic mass is 32.1. The van der Waals surface area contributed by atoms with E-state index in [2.05, 4.69) is 10.3 Å².